The largest absolute Gasteiger partial charge is 0.412 e. The van der Waals surface area contributed by atoms with E-state index in [1.807, 2.05) is 27.7 Å². The fourth-order valence-corrected chi connectivity index (χ4v) is 2.20. The average molecular weight is 619 g/mol. The summed E-state index contributed by atoms with van der Waals surface area (Å²) in [5.74, 6) is 20.0. The first-order chi connectivity index (χ1) is 20.2. The van der Waals surface area contributed by atoms with Crippen molar-refractivity contribution in [2.24, 2.45) is 47.3 Å². The van der Waals surface area contributed by atoms with Crippen LogP contribution in [0.4, 0.5) is 0 Å². The molecule has 0 unspecified atom stereocenters. The van der Waals surface area contributed by atoms with E-state index in [-0.39, 0.29) is 66.6 Å². The van der Waals surface area contributed by atoms with Crippen LogP contribution in [0.2, 0.25) is 0 Å². The average Bonchev–Trinajstić information content (AvgIpc) is 2.97. The highest BCUT2D eigenvalue weighted by Gasteiger charge is 2.10. The van der Waals surface area contributed by atoms with Gasteiger partial charge in [0.1, 0.15) is 25.6 Å². The van der Waals surface area contributed by atoms with Crippen LogP contribution in [-0.4, -0.2) is 69.4 Å². The number of carbonyl (C=O) groups is 4. The van der Waals surface area contributed by atoms with Crippen LogP contribution < -0.4 is 28.4 Å². The van der Waals surface area contributed by atoms with Crippen LogP contribution in [0.15, 0.2) is 24.3 Å². The molecular weight excluding hydrogens is 564 g/mol. The van der Waals surface area contributed by atoms with E-state index in [0.717, 1.165) is 0 Å². The van der Waals surface area contributed by atoms with Gasteiger partial charge in [0.2, 0.25) is 0 Å². The van der Waals surface area contributed by atoms with Gasteiger partial charge in [-0.3, -0.25) is 28.9 Å². The van der Waals surface area contributed by atoms with Gasteiger partial charge in [0.25, 0.3) is 0 Å². The predicted octanol–water partition coefficient (Wildman–Crippen LogP) is 2.12. The van der Waals surface area contributed by atoms with Gasteiger partial charge < -0.3 is 19.1 Å². The molecule has 0 atom stereocenters. The van der Waals surface area contributed by atoms with Crippen molar-refractivity contribution in [2.75, 3.05) is 46.2 Å². The van der Waals surface area contributed by atoms with Gasteiger partial charge in [0.15, 0.2) is 23.1 Å². The lowest BCUT2D eigenvalue weighted by atomic mass is 10.0. The molecule has 1 rings (SSSR count). The number of benzene rings is 1. The molecular formula is C29H54N4O10. The van der Waals surface area contributed by atoms with E-state index in [1.165, 1.54) is 0 Å². The van der Waals surface area contributed by atoms with E-state index in [2.05, 4.69) is 31.1 Å². The molecule has 0 aliphatic rings. The Kier molecular flexibility index (Phi) is 30.6. The number of hydrogen-bond acceptors (Lipinski definition) is 14. The molecule has 14 nitrogen and oxygen atoms in total. The van der Waals surface area contributed by atoms with E-state index in [1.54, 1.807) is 52.0 Å². The first-order valence-electron chi connectivity index (χ1n) is 13.9. The maximum absolute atomic E-state index is 11.5. The maximum Gasteiger partial charge on any atom is 0.165 e. The SMILES string of the molecule is CC(C)C(=O)COCCOCCON.CC(C)C(=O)CON.CC(C)C(=O)CON.CC(C)C(=O)c1ccc(ON)cc1. The van der Waals surface area contributed by atoms with Crippen LogP contribution in [0.25, 0.3) is 0 Å². The van der Waals surface area contributed by atoms with Crippen LogP contribution in [0.1, 0.15) is 65.7 Å². The summed E-state index contributed by atoms with van der Waals surface area (Å²) < 4.78 is 10.2. The molecule has 0 saturated carbocycles. The summed E-state index contributed by atoms with van der Waals surface area (Å²) in [4.78, 5) is 60.7. The molecule has 0 fully saturated rings. The van der Waals surface area contributed by atoms with Crippen molar-refractivity contribution in [2.45, 2.75) is 55.4 Å². The Morgan fingerprint density at radius 3 is 1.26 bits per heavy atom. The molecule has 14 heteroatoms. The Bertz CT molecular complexity index is 841. The van der Waals surface area contributed by atoms with Gasteiger partial charge in [-0.2, -0.15) is 5.90 Å². The molecule has 0 heterocycles. The third-order valence-electron chi connectivity index (χ3n) is 5.14. The highest BCUT2D eigenvalue weighted by molar-refractivity contribution is 5.97. The van der Waals surface area contributed by atoms with Gasteiger partial charge >= 0.3 is 0 Å². The zero-order valence-electron chi connectivity index (χ0n) is 27.0. The first kappa shape index (κ1) is 44.8. The Morgan fingerprint density at radius 1 is 0.535 bits per heavy atom. The van der Waals surface area contributed by atoms with Gasteiger partial charge in [-0.05, 0) is 24.3 Å². The lowest BCUT2D eigenvalue weighted by molar-refractivity contribution is -0.127. The molecule has 0 radical (unpaired) electrons. The smallest absolute Gasteiger partial charge is 0.165 e. The van der Waals surface area contributed by atoms with Crippen LogP contribution in [-0.2, 0) is 38.4 Å². The second-order valence-electron chi connectivity index (χ2n) is 10.2. The van der Waals surface area contributed by atoms with Crippen molar-refractivity contribution in [3.05, 3.63) is 29.8 Å². The van der Waals surface area contributed by atoms with Crippen LogP contribution in [0, 0.1) is 23.7 Å². The third-order valence-corrected chi connectivity index (χ3v) is 5.14. The lowest BCUT2D eigenvalue weighted by Crippen LogP contribution is -2.17. The van der Waals surface area contributed by atoms with Gasteiger partial charge in [0, 0.05) is 29.2 Å². The molecule has 1 aromatic carbocycles. The molecule has 0 aromatic heterocycles. The number of ether oxygens (including phenoxy) is 2. The van der Waals surface area contributed by atoms with Crippen LogP contribution in [0.3, 0.4) is 0 Å². The zero-order chi connectivity index (χ0) is 33.8. The molecule has 0 aliphatic carbocycles. The molecule has 0 amide bonds. The summed E-state index contributed by atoms with van der Waals surface area (Å²) in [6.07, 6.45) is 0. The summed E-state index contributed by atoms with van der Waals surface area (Å²) >= 11 is 0. The topological polar surface area (TPSA) is 228 Å². The Morgan fingerprint density at radius 2 is 0.930 bits per heavy atom. The van der Waals surface area contributed by atoms with Gasteiger partial charge in [-0.15, -0.1) is 0 Å². The lowest BCUT2D eigenvalue weighted by Gasteiger charge is -2.06. The van der Waals surface area contributed by atoms with E-state index >= 15 is 0 Å². The van der Waals surface area contributed by atoms with Gasteiger partial charge in [-0.25, -0.2) is 17.7 Å². The predicted molar refractivity (Wildman–Crippen MR) is 162 cm³/mol. The molecule has 8 N–H and O–H groups in total. The minimum atomic E-state index is 0.0182. The summed E-state index contributed by atoms with van der Waals surface area (Å²) in [5.41, 5.74) is 0.691. The summed E-state index contributed by atoms with van der Waals surface area (Å²) in [6, 6.07) is 6.78. The number of Topliss-reactive ketones (excluding diaryl/α,β-unsaturated/α-hetero) is 4. The fourth-order valence-electron chi connectivity index (χ4n) is 2.20. The first-order valence-corrected chi connectivity index (χ1v) is 13.9. The summed E-state index contributed by atoms with van der Waals surface area (Å²) in [6.45, 7) is 16.6. The molecule has 250 valence electrons. The van der Waals surface area contributed by atoms with E-state index in [0.29, 0.717) is 37.7 Å². The molecule has 43 heavy (non-hydrogen) atoms. The van der Waals surface area contributed by atoms with E-state index < -0.39 is 0 Å². The second-order valence-corrected chi connectivity index (χ2v) is 10.2. The third kappa shape index (κ3) is 27.9. The maximum atomic E-state index is 11.5. The second kappa shape index (κ2) is 29.4. The van der Waals surface area contributed by atoms with Crippen molar-refractivity contribution in [3.8, 4) is 5.75 Å². The number of hydrogen-bond donors (Lipinski definition) is 4. The van der Waals surface area contributed by atoms with Crippen molar-refractivity contribution in [1.82, 2.24) is 0 Å². The molecule has 0 bridgehead atoms. The quantitative estimate of drug-likeness (QED) is 0.105. The Labute approximate surface area is 255 Å². The van der Waals surface area contributed by atoms with Crippen LogP contribution >= 0.6 is 0 Å². The summed E-state index contributed by atoms with van der Waals surface area (Å²) in [7, 11) is 0. The monoisotopic (exact) mass is 618 g/mol. The highest BCUT2D eigenvalue weighted by Crippen LogP contribution is 2.13. The molecule has 1 aromatic rings. The van der Waals surface area contributed by atoms with E-state index in [4.69, 9.17) is 21.3 Å². The van der Waals surface area contributed by atoms with E-state index in [9.17, 15) is 19.2 Å². The summed E-state index contributed by atoms with van der Waals surface area (Å²) in [5, 5.41) is 0. The zero-order valence-corrected chi connectivity index (χ0v) is 27.0. The molecule has 0 saturated heterocycles. The van der Waals surface area contributed by atoms with Crippen molar-refractivity contribution >= 4 is 23.1 Å². The number of ketones is 4. The Hall–Kier alpha value is -2.66. The van der Waals surface area contributed by atoms with Crippen LogP contribution in [0.5, 0.6) is 5.75 Å². The molecule has 0 aliphatic heterocycles. The van der Waals surface area contributed by atoms with Crippen molar-refractivity contribution < 1.29 is 48.0 Å². The Balaban J connectivity index is -0.000000513. The standard InChI is InChI=1S/C10H13NO2.C9H19NO4.2C5H11NO2/c1-7(2)10(12)8-3-5-9(13-11)6-4-8;1-8(2)9(11)7-13-4-3-12-5-6-14-10;2*1-4(2)5(7)3-8-6/h3-7H,11H2,1-2H3;8H,3-7,10H2,1-2H3;2*4H,3,6H2,1-2H3. The van der Waals surface area contributed by atoms with Gasteiger partial charge in [0.05, 0.1) is 26.4 Å². The fraction of sp³-hybridized carbons (Fsp3) is 0.655. The van der Waals surface area contributed by atoms with Crippen molar-refractivity contribution in [1.29, 1.82) is 0 Å². The number of carbonyl (C=O) groups excluding carboxylic acids is 4. The highest BCUT2D eigenvalue weighted by atomic mass is 16.6. The number of rotatable bonds is 18. The van der Waals surface area contributed by atoms with Crippen molar-refractivity contribution in [3.63, 3.8) is 0 Å². The minimum Gasteiger partial charge on any atom is -0.412 e. The number of nitrogens with two attached hydrogens (primary N) is 4. The normalized spacial score (nSPS) is 10.3. The van der Waals surface area contributed by atoms with Gasteiger partial charge in [-0.1, -0.05) is 55.4 Å². The molecule has 0 spiro atoms. The minimum absolute atomic E-state index is 0.0182.